The molecule has 0 aliphatic carbocycles. The number of nitrogens with two attached hydrogens (primary N) is 1. The van der Waals surface area contributed by atoms with Gasteiger partial charge in [-0.25, -0.2) is 0 Å². The average Bonchev–Trinajstić information content (AvgIpc) is 2.93. The number of hydrogen-bond acceptors (Lipinski definition) is 5. The fourth-order valence-electron chi connectivity index (χ4n) is 3.78. The molecule has 0 aliphatic rings. The third-order valence-corrected chi connectivity index (χ3v) is 8.21. The average molecular weight is 579 g/mol. The number of rotatable bonds is 25. The normalized spacial score (nSPS) is 13.9. The van der Waals surface area contributed by atoms with Gasteiger partial charge in [0.1, 0.15) is 7.60 Å². The largest absolute Gasteiger partial charge is 0.778 e. The van der Waals surface area contributed by atoms with E-state index in [0.717, 1.165) is 32.2 Å². The van der Waals surface area contributed by atoms with Crippen LogP contribution in [0.15, 0.2) is 12.2 Å². The number of aliphatic hydroxyl groups is 1. The number of unbranched alkanes of at least 4 members (excludes halogenated alkanes) is 12. The van der Waals surface area contributed by atoms with Gasteiger partial charge < -0.3 is 30.6 Å². The molecular formula is C32H71N2O4P. The molecule has 0 heterocycles. The molecule has 0 fully saturated rings. The van der Waals surface area contributed by atoms with Crippen LogP contribution in [0.4, 0.5) is 0 Å². The van der Waals surface area contributed by atoms with Crippen molar-refractivity contribution in [3.05, 3.63) is 12.2 Å². The molecule has 3 unspecified atom stereocenters. The van der Waals surface area contributed by atoms with Crippen molar-refractivity contribution in [2.45, 2.75) is 150 Å². The Morgan fingerprint density at radius 3 is 1.72 bits per heavy atom. The van der Waals surface area contributed by atoms with Gasteiger partial charge in [-0.2, -0.15) is 0 Å². The standard InChI is InChI=1S/C21H42O.C8H20NO3P.C3H9N/c1-4-5-6-7-8-9-10-11-12-13-14-15-16-17-20(2)18-21(3)19-22;1-3-8(2)7-12-13(10,11)6-4-5-9;1-2-3-4/h21-22H,2,4-19H2,1,3H3;8H,3-7,9H2,1-2H3,(H,10,11);2-4H2,1H3. The Morgan fingerprint density at radius 2 is 1.33 bits per heavy atom. The molecule has 0 aromatic heterocycles. The molecule has 39 heavy (non-hydrogen) atoms. The van der Waals surface area contributed by atoms with Gasteiger partial charge in [0.25, 0.3) is 0 Å². The molecular weight excluding hydrogens is 507 g/mol. The lowest BCUT2D eigenvalue weighted by molar-refractivity contribution is -0.367. The summed E-state index contributed by atoms with van der Waals surface area (Å²) in [7, 11) is -3.57. The van der Waals surface area contributed by atoms with E-state index in [1.165, 1.54) is 89.0 Å². The summed E-state index contributed by atoms with van der Waals surface area (Å²) in [5.74, 6) is 0.691. The summed E-state index contributed by atoms with van der Waals surface area (Å²) in [6.07, 6.45) is 23.2. The van der Waals surface area contributed by atoms with Gasteiger partial charge in [0.05, 0.1) is 13.2 Å². The third kappa shape index (κ3) is 40.0. The van der Waals surface area contributed by atoms with Crippen molar-refractivity contribution in [3.63, 3.8) is 0 Å². The molecule has 0 saturated carbocycles. The van der Waals surface area contributed by atoms with Gasteiger partial charge in [0, 0.05) is 19.2 Å². The number of aliphatic hydroxyl groups excluding tert-OH is 1. The lowest BCUT2D eigenvalue weighted by atomic mass is 9.98. The molecule has 0 saturated heterocycles. The SMILES string of the molecule is C=C(CCCCCCCCCCCCCCC)CC(C)CO.CCC(C)COP(=O)([O-])CCC[NH3+].CCCN. The lowest BCUT2D eigenvalue weighted by Gasteiger charge is -2.24. The fourth-order valence-corrected chi connectivity index (χ4v) is 5.00. The molecule has 0 aromatic carbocycles. The van der Waals surface area contributed by atoms with Crippen molar-refractivity contribution < 1.29 is 24.8 Å². The second kappa shape index (κ2) is 34.0. The zero-order chi connectivity index (χ0) is 30.2. The predicted molar refractivity (Wildman–Crippen MR) is 170 cm³/mol. The van der Waals surface area contributed by atoms with Crippen LogP contribution in [0.5, 0.6) is 0 Å². The lowest BCUT2D eigenvalue weighted by Crippen LogP contribution is -2.50. The van der Waals surface area contributed by atoms with Crippen LogP contribution < -0.4 is 16.4 Å². The van der Waals surface area contributed by atoms with E-state index in [2.05, 4.69) is 33.1 Å². The van der Waals surface area contributed by atoms with Crippen molar-refractivity contribution in [1.29, 1.82) is 0 Å². The summed E-state index contributed by atoms with van der Waals surface area (Å²) in [5.41, 5.74) is 9.94. The summed E-state index contributed by atoms with van der Waals surface area (Å²) < 4.78 is 16.0. The Balaban J connectivity index is -0.000000642. The summed E-state index contributed by atoms with van der Waals surface area (Å²) in [6, 6.07) is 0. The quantitative estimate of drug-likeness (QED) is 0.0584. The van der Waals surface area contributed by atoms with Crippen LogP contribution in [-0.4, -0.2) is 37.6 Å². The highest BCUT2D eigenvalue weighted by Gasteiger charge is 2.10. The van der Waals surface area contributed by atoms with Crippen LogP contribution in [-0.2, 0) is 9.09 Å². The van der Waals surface area contributed by atoms with E-state index in [0.29, 0.717) is 31.4 Å². The van der Waals surface area contributed by atoms with E-state index in [-0.39, 0.29) is 12.8 Å². The number of quaternary nitrogens is 1. The number of hydrogen-bond donors (Lipinski definition) is 3. The van der Waals surface area contributed by atoms with E-state index in [1.807, 2.05) is 13.8 Å². The van der Waals surface area contributed by atoms with Crippen molar-refractivity contribution in [3.8, 4) is 0 Å². The van der Waals surface area contributed by atoms with Gasteiger partial charge in [-0.1, -0.05) is 130 Å². The Bertz CT molecular complexity index is 532. The summed E-state index contributed by atoms with van der Waals surface area (Å²) in [4.78, 5) is 11.2. The fraction of sp³-hybridized carbons (Fsp3) is 0.938. The molecule has 238 valence electrons. The minimum Gasteiger partial charge on any atom is -0.778 e. The topological polar surface area (TPSA) is 123 Å². The van der Waals surface area contributed by atoms with E-state index < -0.39 is 7.60 Å². The van der Waals surface area contributed by atoms with Crippen LogP contribution in [0.3, 0.4) is 0 Å². The molecule has 6 nitrogen and oxygen atoms in total. The molecule has 7 heteroatoms. The predicted octanol–water partition coefficient (Wildman–Crippen LogP) is 7.63. The molecule has 0 amide bonds. The van der Waals surface area contributed by atoms with Crippen LogP contribution in [0.1, 0.15) is 150 Å². The van der Waals surface area contributed by atoms with Crippen LogP contribution in [0.25, 0.3) is 0 Å². The van der Waals surface area contributed by atoms with Gasteiger partial charge in [-0.3, -0.25) is 0 Å². The highest BCUT2D eigenvalue weighted by atomic mass is 31.2. The van der Waals surface area contributed by atoms with Crippen molar-refractivity contribution >= 4 is 7.60 Å². The number of allylic oxidation sites excluding steroid dienone is 1. The summed E-state index contributed by atoms with van der Waals surface area (Å²) in [5, 5.41) is 9.03. The second-order valence-corrected chi connectivity index (χ2v) is 13.3. The molecule has 0 bridgehead atoms. The molecule has 6 N–H and O–H groups in total. The highest BCUT2D eigenvalue weighted by molar-refractivity contribution is 7.51. The first-order valence-corrected chi connectivity index (χ1v) is 18.1. The first-order chi connectivity index (χ1) is 18.6. The molecule has 0 rings (SSSR count). The van der Waals surface area contributed by atoms with Crippen molar-refractivity contribution in [2.75, 3.05) is 32.5 Å². The zero-order valence-corrected chi connectivity index (χ0v) is 27.9. The maximum Gasteiger partial charge on any atom is 0.135 e. The van der Waals surface area contributed by atoms with Gasteiger partial charge in [0.15, 0.2) is 0 Å². The van der Waals surface area contributed by atoms with Crippen LogP contribution in [0.2, 0.25) is 0 Å². The maximum absolute atomic E-state index is 11.2. The second-order valence-electron chi connectivity index (χ2n) is 11.4. The first-order valence-electron chi connectivity index (χ1n) is 16.3. The smallest absolute Gasteiger partial charge is 0.135 e. The van der Waals surface area contributed by atoms with Gasteiger partial charge in [0.2, 0.25) is 0 Å². The molecule has 0 aliphatic heterocycles. The first kappa shape index (κ1) is 43.2. The molecule has 0 spiro atoms. The third-order valence-electron chi connectivity index (χ3n) is 6.81. The Morgan fingerprint density at radius 1 is 0.872 bits per heavy atom. The van der Waals surface area contributed by atoms with Crippen LogP contribution >= 0.6 is 7.60 Å². The van der Waals surface area contributed by atoms with E-state index in [1.54, 1.807) is 0 Å². The van der Waals surface area contributed by atoms with Crippen LogP contribution in [0, 0.1) is 11.8 Å². The van der Waals surface area contributed by atoms with E-state index in [9.17, 15) is 9.46 Å². The zero-order valence-electron chi connectivity index (χ0n) is 27.0. The molecule has 3 atom stereocenters. The Labute approximate surface area is 244 Å². The summed E-state index contributed by atoms with van der Waals surface area (Å²) in [6.45, 7) is 16.6. The minimum absolute atomic E-state index is 0.118. The van der Waals surface area contributed by atoms with Crippen molar-refractivity contribution in [1.82, 2.24) is 0 Å². The Hall–Kier alpha value is -0.230. The van der Waals surface area contributed by atoms with E-state index in [4.69, 9.17) is 15.4 Å². The Kier molecular flexibility index (Phi) is 37.7. The van der Waals surface area contributed by atoms with Crippen molar-refractivity contribution in [2.24, 2.45) is 17.6 Å². The van der Waals surface area contributed by atoms with Gasteiger partial charge >= 0.3 is 0 Å². The highest BCUT2D eigenvalue weighted by Crippen LogP contribution is 2.37. The van der Waals surface area contributed by atoms with Gasteiger partial charge in [-0.15, -0.1) is 0 Å². The van der Waals surface area contributed by atoms with E-state index >= 15 is 0 Å². The molecule has 0 radical (unpaired) electrons. The van der Waals surface area contributed by atoms with Gasteiger partial charge in [-0.05, 0) is 44.1 Å². The summed E-state index contributed by atoms with van der Waals surface area (Å²) >= 11 is 0. The monoisotopic (exact) mass is 579 g/mol. The molecule has 0 aromatic rings. The minimum atomic E-state index is -3.57. The maximum atomic E-state index is 11.2.